The van der Waals surface area contributed by atoms with E-state index in [1.54, 1.807) is 0 Å². The maximum atomic E-state index is 12.5. The molecule has 2 aliphatic rings. The molecule has 2 amide bonds. The molecule has 0 radical (unpaired) electrons. The van der Waals surface area contributed by atoms with E-state index in [9.17, 15) is 4.79 Å². The molecule has 2 aromatic carbocycles. The molecule has 0 aromatic heterocycles. The molecule has 0 bridgehead atoms. The van der Waals surface area contributed by atoms with Crippen molar-refractivity contribution < 1.29 is 19.0 Å². The van der Waals surface area contributed by atoms with Crippen molar-refractivity contribution in [2.45, 2.75) is 38.3 Å². The van der Waals surface area contributed by atoms with E-state index in [1.165, 1.54) is 0 Å². The van der Waals surface area contributed by atoms with Crippen LogP contribution < -0.4 is 24.8 Å². The Hall–Kier alpha value is -2.89. The predicted octanol–water partition coefficient (Wildman–Crippen LogP) is 4.06. The molecule has 6 heteroatoms. The first-order valence-electron chi connectivity index (χ1n) is 9.30. The van der Waals surface area contributed by atoms with Gasteiger partial charge in [0.25, 0.3) is 0 Å². The highest BCUT2D eigenvalue weighted by molar-refractivity contribution is 5.90. The second kappa shape index (κ2) is 7.02. The Bertz CT molecular complexity index is 829. The fraction of sp³-hybridized carbons (Fsp3) is 0.381. The molecule has 142 valence electrons. The van der Waals surface area contributed by atoms with Gasteiger partial charge in [-0.2, -0.15) is 0 Å². The summed E-state index contributed by atoms with van der Waals surface area (Å²) in [5.74, 6) is 2.29. The van der Waals surface area contributed by atoms with E-state index < -0.39 is 0 Å². The minimum atomic E-state index is -0.333. The lowest BCUT2D eigenvalue weighted by Gasteiger charge is -2.23. The van der Waals surface area contributed by atoms with Crippen molar-refractivity contribution in [2.75, 3.05) is 18.5 Å². The number of urea groups is 1. The third kappa shape index (κ3) is 3.94. The molecule has 0 spiro atoms. The molecule has 0 unspecified atom stereocenters. The molecule has 1 saturated carbocycles. The highest BCUT2D eigenvalue weighted by atomic mass is 16.6. The van der Waals surface area contributed by atoms with Crippen LogP contribution in [0.15, 0.2) is 42.5 Å². The van der Waals surface area contributed by atoms with Gasteiger partial charge in [-0.3, -0.25) is 0 Å². The number of fused-ring (bicyclic) bond motifs is 1. The third-order valence-corrected chi connectivity index (χ3v) is 4.68. The summed E-state index contributed by atoms with van der Waals surface area (Å²) in [5.41, 5.74) is 1.44. The van der Waals surface area contributed by atoms with E-state index in [0.717, 1.165) is 41.3 Å². The number of anilines is 1. The maximum Gasteiger partial charge on any atom is 0.319 e. The van der Waals surface area contributed by atoms with E-state index in [0.29, 0.717) is 13.2 Å². The number of nitrogens with one attached hydrogen (secondary N) is 2. The second-order valence-corrected chi connectivity index (χ2v) is 7.21. The summed E-state index contributed by atoms with van der Waals surface area (Å²) in [5, 5.41) is 6.00. The average molecular weight is 368 g/mol. The predicted molar refractivity (Wildman–Crippen MR) is 103 cm³/mol. The molecular formula is C21H24N2O4. The first kappa shape index (κ1) is 17.5. The van der Waals surface area contributed by atoms with E-state index in [4.69, 9.17) is 14.2 Å². The molecule has 27 heavy (non-hydrogen) atoms. The molecule has 2 aromatic rings. The van der Waals surface area contributed by atoms with Gasteiger partial charge in [-0.15, -0.1) is 0 Å². The first-order valence-corrected chi connectivity index (χ1v) is 9.30. The van der Waals surface area contributed by atoms with Crippen molar-refractivity contribution in [3.8, 4) is 17.2 Å². The largest absolute Gasteiger partial charge is 0.491 e. The summed E-state index contributed by atoms with van der Waals surface area (Å²) in [6.45, 7) is 5.08. The van der Waals surface area contributed by atoms with Gasteiger partial charge in [-0.25, -0.2) is 4.79 Å². The number of rotatable bonds is 5. The number of carbonyl (C=O) groups excluding carboxylic acids is 1. The molecule has 0 atom stereocenters. The van der Waals surface area contributed by atoms with Gasteiger partial charge in [-0.1, -0.05) is 6.07 Å². The molecule has 0 saturated heterocycles. The van der Waals surface area contributed by atoms with E-state index in [-0.39, 0.29) is 17.7 Å². The molecule has 4 rings (SSSR count). The fourth-order valence-electron chi connectivity index (χ4n) is 3.22. The molecular weight excluding hydrogens is 344 g/mol. The van der Waals surface area contributed by atoms with Crippen LogP contribution in [0.4, 0.5) is 10.5 Å². The number of amides is 2. The summed E-state index contributed by atoms with van der Waals surface area (Å²) < 4.78 is 16.8. The smallest absolute Gasteiger partial charge is 0.319 e. The Balaban J connectivity index is 1.40. The molecule has 6 nitrogen and oxygen atoms in total. The van der Waals surface area contributed by atoms with Crippen molar-refractivity contribution in [3.63, 3.8) is 0 Å². The summed E-state index contributed by atoms with van der Waals surface area (Å²) in [6, 6.07) is 13.0. The van der Waals surface area contributed by atoms with E-state index in [2.05, 4.69) is 10.6 Å². The third-order valence-electron chi connectivity index (χ3n) is 4.68. The lowest BCUT2D eigenvalue weighted by atomic mass is 10.0. The zero-order valence-electron chi connectivity index (χ0n) is 15.6. The average Bonchev–Trinajstić information content (AvgIpc) is 3.43. The Morgan fingerprint density at radius 3 is 2.41 bits per heavy atom. The van der Waals surface area contributed by atoms with Gasteiger partial charge in [0, 0.05) is 5.69 Å². The highest BCUT2D eigenvalue weighted by Crippen LogP contribution is 2.47. The van der Waals surface area contributed by atoms with Gasteiger partial charge >= 0.3 is 6.03 Å². The Labute approximate surface area is 158 Å². The monoisotopic (exact) mass is 368 g/mol. The fourth-order valence-corrected chi connectivity index (χ4v) is 3.22. The molecule has 1 aliphatic heterocycles. The van der Waals surface area contributed by atoms with Crippen molar-refractivity contribution in [3.05, 3.63) is 48.0 Å². The van der Waals surface area contributed by atoms with Crippen LogP contribution in [-0.4, -0.2) is 25.3 Å². The van der Waals surface area contributed by atoms with Crippen LogP contribution in [0.2, 0.25) is 0 Å². The Morgan fingerprint density at radius 2 is 1.74 bits per heavy atom. The summed E-state index contributed by atoms with van der Waals surface area (Å²) in [7, 11) is 0. The number of carbonyl (C=O) groups is 1. The summed E-state index contributed by atoms with van der Waals surface area (Å²) >= 11 is 0. The van der Waals surface area contributed by atoms with Crippen LogP contribution in [0, 0.1) is 0 Å². The van der Waals surface area contributed by atoms with Crippen molar-refractivity contribution in [1.29, 1.82) is 0 Å². The molecule has 2 N–H and O–H groups in total. The van der Waals surface area contributed by atoms with Crippen LogP contribution in [0.1, 0.15) is 32.3 Å². The van der Waals surface area contributed by atoms with Crippen molar-refractivity contribution >= 4 is 11.7 Å². The quantitative estimate of drug-likeness (QED) is 0.835. The lowest BCUT2D eigenvalue weighted by Crippen LogP contribution is -2.38. The number of ether oxygens (including phenoxy) is 3. The van der Waals surface area contributed by atoms with Gasteiger partial charge in [0.05, 0.1) is 11.6 Å². The van der Waals surface area contributed by atoms with Crippen LogP contribution in [0.5, 0.6) is 17.2 Å². The Morgan fingerprint density at radius 1 is 1.04 bits per heavy atom. The number of hydrogen-bond donors (Lipinski definition) is 2. The minimum Gasteiger partial charge on any atom is -0.491 e. The normalized spacial score (nSPS) is 16.6. The van der Waals surface area contributed by atoms with Gasteiger partial charge < -0.3 is 24.8 Å². The zero-order chi connectivity index (χ0) is 18.9. The van der Waals surface area contributed by atoms with Crippen LogP contribution in [0.3, 0.4) is 0 Å². The standard InChI is InChI=1S/C21H24N2O4/c1-14(2)27-17-6-4-16(5-7-17)22-20(24)23-21(9-10-21)15-3-8-18-19(13-15)26-12-11-25-18/h3-8,13-14H,9-12H2,1-2H3,(H2,22,23,24). The Kier molecular flexibility index (Phi) is 4.56. The number of hydrogen-bond acceptors (Lipinski definition) is 4. The van der Waals surface area contributed by atoms with Crippen LogP contribution in [0.25, 0.3) is 0 Å². The SMILES string of the molecule is CC(C)Oc1ccc(NC(=O)NC2(c3ccc4c(c3)OCCO4)CC2)cc1. The van der Waals surface area contributed by atoms with Crippen LogP contribution >= 0.6 is 0 Å². The second-order valence-electron chi connectivity index (χ2n) is 7.21. The summed E-state index contributed by atoms with van der Waals surface area (Å²) in [4.78, 5) is 12.5. The van der Waals surface area contributed by atoms with Crippen molar-refractivity contribution in [2.24, 2.45) is 0 Å². The topological polar surface area (TPSA) is 68.8 Å². The minimum absolute atomic E-state index is 0.118. The van der Waals surface area contributed by atoms with Gasteiger partial charge in [0.15, 0.2) is 11.5 Å². The number of benzene rings is 2. The lowest BCUT2D eigenvalue weighted by molar-refractivity contribution is 0.171. The van der Waals surface area contributed by atoms with E-state index >= 15 is 0 Å². The zero-order valence-corrected chi connectivity index (χ0v) is 15.6. The van der Waals surface area contributed by atoms with Gasteiger partial charge in [0.1, 0.15) is 19.0 Å². The first-order chi connectivity index (χ1) is 13.0. The van der Waals surface area contributed by atoms with Crippen LogP contribution in [-0.2, 0) is 5.54 Å². The molecule has 1 heterocycles. The van der Waals surface area contributed by atoms with Gasteiger partial charge in [-0.05, 0) is 68.7 Å². The molecule has 1 aliphatic carbocycles. The maximum absolute atomic E-state index is 12.5. The van der Waals surface area contributed by atoms with E-state index in [1.807, 2.05) is 56.3 Å². The van der Waals surface area contributed by atoms with Gasteiger partial charge in [0.2, 0.25) is 0 Å². The molecule has 1 fully saturated rings. The highest BCUT2D eigenvalue weighted by Gasteiger charge is 2.46. The summed E-state index contributed by atoms with van der Waals surface area (Å²) in [6.07, 6.45) is 1.93. The van der Waals surface area contributed by atoms with Crippen molar-refractivity contribution in [1.82, 2.24) is 5.32 Å².